The molecule has 20 heavy (non-hydrogen) atoms. The number of benzene rings is 1. The molecule has 0 aliphatic heterocycles. The van der Waals surface area contributed by atoms with Crippen molar-refractivity contribution < 1.29 is 5.11 Å². The van der Waals surface area contributed by atoms with Gasteiger partial charge in [-0.05, 0) is 50.7 Å². The van der Waals surface area contributed by atoms with Gasteiger partial charge in [0.25, 0.3) is 0 Å². The van der Waals surface area contributed by atoms with Crippen LogP contribution in [0.5, 0.6) is 0 Å². The fourth-order valence-electron chi connectivity index (χ4n) is 2.27. The SMILES string of the molecule is CCN(CCCO)CCC(NC)c1ccc(Br)cc1Cl. The Balaban J connectivity index is 2.62. The second-order valence-corrected chi connectivity index (χ2v) is 6.13. The second-order valence-electron chi connectivity index (χ2n) is 4.81. The van der Waals surface area contributed by atoms with E-state index in [9.17, 15) is 0 Å². The van der Waals surface area contributed by atoms with E-state index in [1.165, 1.54) is 0 Å². The zero-order valence-corrected chi connectivity index (χ0v) is 14.5. The smallest absolute Gasteiger partial charge is 0.0465 e. The highest BCUT2D eigenvalue weighted by Gasteiger charge is 2.14. The van der Waals surface area contributed by atoms with Gasteiger partial charge in [0.1, 0.15) is 0 Å². The molecule has 0 aliphatic carbocycles. The maximum absolute atomic E-state index is 8.91. The topological polar surface area (TPSA) is 35.5 Å². The van der Waals surface area contributed by atoms with E-state index in [4.69, 9.17) is 16.7 Å². The van der Waals surface area contributed by atoms with Gasteiger partial charge in [-0.3, -0.25) is 0 Å². The van der Waals surface area contributed by atoms with Crippen molar-refractivity contribution in [2.24, 2.45) is 0 Å². The number of aliphatic hydroxyl groups is 1. The van der Waals surface area contributed by atoms with Gasteiger partial charge < -0.3 is 15.3 Å². The molecule has 0 aromatic heterocycles. The van der Waals surface area contributed by atoms with Crippen LogP contribution in [-0.4, -0.2) is 43.3 Å². The molecule has 0 saturated heterocycles. The number of hydrogen-bond acceptors (Lipinski definition) is 3. The summed E-state index contributed by atoms with van der Waals surface area (Å²) >= 11 is 9.75. The average molecular weight is 364 g/mol. The quantitative estimate of drug-likeness (QED) is 0.705. The molecule has 1 aromatic rings. The Morgan fingerprint density at radius 3 is 2.70 bits per heavy atom. The standard InChI is InChI=1S/C15H24BrClN2O/c1-3-19(8-4-10-20)9-7-15(18-2)13-6-5-12(16)11-14(13)17/h5-6,11,15,18,20H,3-4,7-10H2,1-2H3. The third kappa shape index (κ3) is 5.70. The first-order valence-electron chi connectivity index (χ1n) is 7.07. The van der Waals surface area contributed by atoms with Crippen molar-refractivity contribution in [2.75, 3.05) is 33.3 Å². The van der Waals surface area contributed by atoms with Gasteiger partial charge in [-0.15, -0.1) is 0 Å². The Morgan fingerprint density at radius 2 is 2.15 bits per heavy atom. The van der Waals surface area contributed by atoms with Crippen LogP contribution in [0.2, 0.25) is 5.02 Å². The van der Waals surface area contributed by atoms with Crippen molar-refractivity contribution in [3.05, 3.63) is 33.3 Å². The normalized spacial score (nSPS) is 12.9. The fourth-order valence-corrected chi connectivity index (χ4v) is 3.08. The summed E-state index contributed by atoms with van der Waals surface area (Å²) in [6.07, 6.45) is 1.83. The second kappa shape index (κ2) is 9.74. The molecular formula is C15H24BrClN2O. The highest BCUT2D eigenvalue weighted by molar-refractivity contribution is 9.10. The van der Waals surface area contributed by atoms with Crippen molar-refractivity contribution in [1.29, 1.82) is 0 Å². The van der Waals surface area contributed by atoms with E-state index in [1.54, 1.807) is 0 Å². The van der Waals surface area contributed by atoms with E-state index in [-0.39, 0.29) is 12.6 Å². The summed E-state index contributed by atoms with van der Waals surface area (Å²) in [4.78, 5) is 2.35. The third-order valence-corrected chi connectivity index (χ3v) is 4.32. The van der Waals surface area contributed by atoms with Gasteiger partial charge in [0, 0.05) is 28.7 Å². The molecule has 1 atom stereocenters. The number of aliphatic hydroxyl groups excluding tert-OH is 1. The molecule has 0 spiro atoms. The predicted octanol–water partition coefficient (Wildman–Crippen LogP) is 3.46. The summed E-state index contributed by atoms with van der Waals surface area (Å²) in [5, 5.41) is 13.0. The molecule has 3 nitrogen and oxygen atoms in total. The summed E-state index contributed by atoms with van der Waals surface area (Å²) in [5.74, 6) is 0. The monoisotopic (exact) mass is 362 g/mol. The van der Waals surface area contributed by atoms with E-state index >= 15 is 0 Å². The van der Waals surface area contributed by atoms with Crippen LogP contribution in [0.4, 0.5) is 0 Å². The van der Waals surface area contributed by atoms with Gasteiger partial charge in [0.05, 0.1) is 0 Å². The summed E-state index contributed by atoms with van der Waals surface area (Å²) in [6, 6.07) is 6.27. The summed E-state index contributed by atoms with van der Waals surface area (Å²) in [5.41, 5.74) is 1.13. The number of rotatable bonds is 9. The Morgan fingerprint density at radius 1 is 1.40 bits per heavy atom. The van der Waals surface area contributed by atoms with Gasteiger partial charge in [-0.1, -0.05) is 40.5 Å². The molecule has 0 radical (unpaired) electrons. The molecule has 0 amide bonds. The third-order valence-electron chi connectivity index (χ3n) is 3.50. The van der Waals surface area contributed by atoms with E-state index in [1.807, 2.05) is 19.2 Å². The van der Waals surface area contributed by atoms with Crippen LogP contribution >= 0.6 is 27.5 Å². The van der Waals surface area contributed by atoms with Crippen molar-refractivity contribution in [2.45, 2.75) is 25.8 Å². The minimum Gasteiger partial charge on any atom is -0.396 e. The molecule has 1 aromatic carbocycles. The number of nitrogens with zero attached hydrogens (tertiary/aromatic N) is 1. The zero-order valence-electron chi connectivity index (χ0n) is 12.2. The number of hydrogen-bond donors (Lipinski definition) is 2. The van der Waals surface area contributed by atoms with Crippen LogP contribution in [0, 0.1) is 0 Å². The van der Waals surface area contributed by atoms with Gasteiger partial charge in [-0.25, -0.2) is 0 Å². The highest BCUT2D eigenvalue weighted by atomic mass is 79.9. The van der Waals surface area contributed by atoms with Crippen molar-refractivity contribution >= 4 is 27.5 Å². The van der Waals surface area contributed by atoms with Gasteiger partial charge in [-0.2, -0.15) is 0 Å². The molecule has 1 unspecified atom stereocenters. The Kier molecular flexibility index (Phi) is 8.73. The van der Waals surface area contributed by atoms with Crippen LogP contribution < -0.4 is 5.32 Å². The van der Waals surface area contributed by atoms with Crippen LogP contribution in [0.15, 0.2) is 22.7 Å². The highest BCUT2D eigenvalue weighted by Crippen LogP contribution is 2.28. The van der Waals surface area contributed by atoms with E-state index < -0.39 is 0 Å². The van der Waals surface area contributed by atoms with Gasteiger partial charge >= 0.3 is 0 Å². The summed E-state index contributed by atoms with van der Waals surface area (Å²) in [7, 11) is 1.97. The molecule has 114 valence electrons. The Hall–Kier alpha value is -0.130. The zero-order chi connectivity index (χ0) is 15.0. The molecular weight excluding hydrogens is 340 g/mol. The van der Waals surface area contributed by atoms with Crippen LogP contribution in [0.3, 0.4) is 0 Å². The first-order valence-corrected chi connectivity index (χ1v) is 8.24. The Bertz CT molecular complexity index is 403. The first-order chi connectivity index (χ1) is 9.62. The molecule has 0 bridgehead atoms. The lowest BCUT2D eigenvalue weighted by Gasteiger charge is -2.24. The maximum atomic E-state index is 8.91. The number of nitrogens with one attached hydrogen (secondary N) is 1. The first kappa shape index (κ1) is 17.9. The lowest BCUT2D eigenvalue weighted by molar-refractivity contribution is 0.223. The molecule has 2 N–H and O–H groups in total. The molecule has 0 heterocycles. The van der Waals surface area contributed by atoms with Gasteiger partial charge in [0.15, 0.2) is 0 Å². The largest absolute Gasteiger partial charge is 0.396 e. The van der Waals surface area contributed by atoms with Crippen molar-refractivity contribution in [3.63, 3.8) is 0 Å². The maximum Gasteiger partial charge on any atom is 0.0465 e. The van der Waals surface area contributed by atoms with Crippen LogP contribution in [-0.2, 0) is 0 Å². The lowest BCUT2D eigenvalue weighted by atomic mass is 10.0. The van der Waals surface area contributed by atoms with E-state index in [0.29, 0.717) is 0 Å². The average Bonchev–Trinajstić information content (AvgIpc) is 2.44. The minimum absolute atomic E-state index is 0.249. The molecule has 0 saturated carbocycles. The minimum atomic E-state index is 0.249. The molecule has 0 aliphatic rings. The molecule has 1 rings (SSSR count). The van der Waals surface area contributed by atoms with E-state index in [0.717, 1.165) is 47.5 Å². The lowest BCUT2D eigenvalue weighted by Crippen LogP contribution is -2.29. The molecule has 5 heteroatoms. The predicted molar refractivity (Wildman–Crippen MR) is 89.4 cm³/mol. The van der Waals surface area contributed by atoms with Crippen molar-refractivity contribution in [3.8, 4) is 0 Å². The van der Waals surface area contributed by atoms with Crippen LogP contribution in [0.1, 0.15) is 31.4 Å². The van der Waals surface area contributed by atoms with E-state index in [2.05, 4.69) is 39.1 Å². The fraction of sp³-hybridized carbons (Fsp3) is 0.600. The summed E-state index contributed by atoms with van der Waals surface area (Å²) in [6.45, 7) is 5.35. The Labute approximate surface area is 135 Å². The number of halogens is 2. The molecule has 0 fully saturated rings. The van der Waals surface area contributed by atoms with Crippen LogP contribution in [0.25, 0.3) is 0 Å². The summed E-state index contributed by atoms with van der Waals surface area (Å²) < 4.78 is 0.999. The van der Waals surface area contributed by atoms with Gasteiger partial charge in [0.2, 0.25) is 0 Å². The van der Waals surface area contributed by atoms with Crippen molar-refractivity contribution in [1.82, 2.24) is 10.2 Å².